The first-order chi connectivity index (χ1) is 15.0. The molecule has 1 aromatic heterocycles. The highest BCUT2D eigenvalue weighted by molar-refractivity contribution is 6.07. The molecule has 31 heavy (non-hydrogen) atoms. The average Bonchev–Trinajstić information content (AvgIpc) is 3.08. The van der Waals surface area contributed by atoms with Gasteiger partial charge < -0.3 is 19.7 Å². The van der Waals surface area contributed by atoms with Crippen molar-refractivity contribution in [2.45, 2.75) is 25.9 Å². The highest BCUT2D eigenvalue weighted by Gasteiger charge is 2.18. The van der Waals surface area contributed by atoms with E-state index in [1.807, 2.05) is 36.4 Å². The number of para-hydroxylation sites is 2. The van der Waals surface area contributed by atoms with Crippen LogP contribution in [0.1, 0.15) is 12.5 Å². The SMILES string of the molecule is CC(=O)N[C@@H](Cc1ccc(OCCn2c3ccccc3c3ccccc32)cc1)C(=O)O. The van der Waals surface area contributed by atoms with E-state index in [9.17, 15) is 14.7 Å². The molecule has 1 amide bonds. The number of nitrogens with one attached hydrogen (secondary N) is 1. The van der Waals surface area contributed by atoms with Gasteiger partial charge in [0.25, 0.3) is 0 Å². The lowest BCUT2D eigenvalue weighted by molar-refractivity contribution is -0.141. The van der Waals surface area contributed by atoms with Crippen molar-refractivity contribution in [1.29, 1.82) is 0 Å². The Morgan fingerprint density at radius 3 is 2.06 bits per heavy atom. The Morgan fingerprint density at radius 2 is 1.52 bits per heavy atom. The van der Waals surface area contributed by atoms with E-state index < -0.39 is 12.0 Å². The van der Waals surface area contributed by atoms with Gasteiger partial charge in [0.15, 0.2) is 0 Å². The second kappa shape index (κ2) is 8.92. The summed E-state index contributed by atoms with van der Waals surface area (Å²) in [4.78, 5) is 22.5. The fourth-order valence-corrected chi connectivity index (χ4v) is 3.90. The number of carboxylic acids is 1. The van der Waals surface area contributed by atoms with E-state index in [1.54, 1.807) is 0 Å². The number of carbonyl (C=O) groups excluding carboxylic acids is 1. The number of carboxylic acid groups (broad SMARTS) is 1. The van der Waals surface area contributed by atoms with Crippen LogP contribution in [0.3, 0.4) is 0 Å². The van der Waals surface area contributed by atoms with Gasteiger partial charge in [0, 0.05) is 35.2 Å². The molecular weight excluding hydrogens is 392 g/mol. The number of aliphatic carboxylic acids is 1. The molecule has 158 valence electrons. The minimum absolute atomic E-state index is 0.219. The zero-order valence-corrected chi connectivity index (χ0v) is 17.2. The van der Waals surface area contributed by atoms with Crippen LogP contribution >= 0.6 is 0 Å². The van der Waals surface area contributed by atoms with E-state index in [0.717, 1.165) is 11.3 Å². The van der Waals surface area contributed by atoms with Gasteiger partial charge in [-0.15, -0.1) is 0 Å². The van der Waals surface area contributed by atoms with Gasteiger partial charge in [-0.05, 0) is 29.8 Å². The van der Waals surface area contributed by atoms with E-state index in [-0.39, 0.29) is 12.3 Å². The molecule has 0 unspecified atom stereocenters. The standard InChI is InChI=1S/C25H24N2O4/c1-17(28)26-22(25(29)30)16-18-10-12-19(13-11-18)31-15-14-27-23-8-4-2-6-20(23)21-7-3-5-9-24(21)27/h2-13,22H,14-16H2,1H3,(H,26,28)(H,29,30)/t22-/m0/s1. The maximum Gasteiger partial charge on any atom is 0.326 e. The summed E-state index contributed by atoms with van der Waals surface area (Å²) in [5.41, 5.74) is 3.18. The van der Waals surface area contributed by atoms with Crippen LogP contribution < -0.4 is 10.1 Å². The van der Waals surface area contributed by atoms with Crippen molar-refractivity contribution in [3.8, 4) is 5.75 Å². The first-order valence-electron chi connectivity index (χ1n) is 10.2. The summed E-state index contributed by atoms with van der Waals surface area (Å²) in [6.45, 7) is 2.52. The molecule has 1 heterocycles. The summed E-state index contributed by atoms with van der Waals surface area (Å²) in [5.74, 6) is -0.699. The molecule has 0 radical (unpaired) electrons. The number of carbonyl (C=O) groups is 2. The number of fused-ring (bicyclic) bond motifs is 3. The molecule has 2 N–H and O–H groups in total. The topological polar surface area (TPSA) is 80.6 Å². The highest BCUT2D eigenvalue weighted by Crippen LogP contribution is 2.28. The molecule has 0 saturated heterocycles. The molecule has 4 aromatic rings. The molecular formula is C25H24N2O4. The van der Waals surface area contributed by atoms with Crippen molar-refractivity contribution in [2.75, 3.05) is 6.61 Å². The van der Waals surface area contributed by atoms with Crippen molar-refractivity contribution in [3.05, 3.63) is 78.4 Å². The minimum Gasteiger partial charge on any atom is -0.492 e. The number of benzene rings is 3. The molecule has 3 aromatic carbocycles. The van der Waals surface area contributed by atoms with E-state index >= 15 is 0 Å². The van der Waals surface area contributed by atoms with Crippen LogP contribution in [0, 0.1) is 0 Å². The number of hydrogen-bond acceptors (Lipinski definition) is 3. The van der Waals surface area contributed by atoms with E-state index in [4.69, 9.17) is 4.74 Å². The number of rotatable bonds is 8. The molecule has 6 nitrogen and oxygen atoms in total. The van der Waals surface area contributed by atoms with Crippen molar-refractivity contribution in [1.82, 2.24) is 9.88 Å². The third kappa shape index (κ3) is 4.53. The largest absolute Gasteiger partial charge is 0.492 e. The number of aromatic nitrogens is 1. The fourth-order valence-electron chi connectivity index (χ4n) is 3.90. The predicted molar refractivity (Wildman–Crippen MR) is 120 cm³/mol. The number of nitrogens with zero attached hydrogens (tertiary/aromatic N) is 1. The summed E-state index contributed by atoms with van der Waals surface area (Å²) in [6.07, 6.45) is 0.219. The van der Waals surface area contributed by atoms with Crippen molar-refractivity contribution < 1.29 is 19.4 Å². The van der Waals surface area contributed by atoms with Gasteiger partial charge >= 0.3 is 5.97 Å². The van der Waals surface area contributed by atoms with Gasteiger partial charge in [-0.3, -0.25) is 4.79 Å². The molecule has 0 saturated carbocycles. The van der Waals surface area contributed by atoms with Gasteiger partial charge in [0.2, 0.25) is 5.91 Å². The lowest BCUT2D eigenvalue weighted by Gasteiger charge is -2.14. The molecule has 4 rings (SSSR count). The fraction of sp³-hybridized carbons (Fsp3) is 0.200. The van der Waals surface area contributed by atoms with Crippen molar-refractivity contribution >= 4 is 33.7 Å². The van der Waals surface area contributed by atoms with Crippen LogP contribution in [0.4, 0.5) is 0 Å². The summed E-state index contributed by atoms with van der Waals surface area (Å²) < 4.78 is 8.21. The second-order valence-corrected chi connectivity index (χ2v) is 7.47. The second-order valence-electron chi connectivity index (χ2n) is 7.47. The Hall–Kier alpha value is -3.80. The van der Waals surface area contributed by atoms with E-state index in [2.05, 4.69) is 46.3 Å². The Bertz CT molecular complexity index is 1170. The quantitative estimate of drug-likeness (QED) is 0.455. The lowest BCUT2D eigenvalue weighted by Crippen LogP contribution is -2.41. The van der Waals surface area contributed by atoms with Crippen LogP contribution in [0.5, 0.6) is 5.75 Å². The minimum atomic E-state index is -1.05. The number of ether oxygens (including phenoxy) is 1. The summed E-state index contributed by atoms with van der Waals surface area (Å²) in [7, 11) is 0. The van der Waals surface area contributed by atoms with Crippen molar-refractivity contribution in [2.24, 2.45) is 0 Å². The van der Waals surface area contributed by atoms with Crippen LogP contribution in [0.25, 0.3) is 21.8 Å². The number of hydrogen-bond donors (Lipinski definition) is 2. The Labute approximate surface area is 180 Å². The highest BCUT2D eigenvalue weighted by atomic mass is 16.5. The molecule has 0 aliphatic carbocycles. The zero-order chi connectivity index (χ0) is 21.8. The summed E-state index contributed by atoms with van der Waals surface area (Å²) in [6, 6.07) is 23.1. The lowest BCUT2D eigenvalue weighted by atomic mass is 10.1. The predicted octanol–water partition coefficient (Wildman–Crippen LogP) is 4.01. The summed E-state index contributed by atoms with van der Waals surface area (Å²) in [5, 5.41) is 14.2. The molecule has 0 fully saturated rings. The smallest absolute Gasteiger partial charge is 0.326 e. The van der Waals surface area contributed by atoms with Gasteiger partial charge in [0.05, 0.1) is 6.54 Å². The Morgan fingerprint density at radius 1 is 0.935 bits per heavy atom. The molecule has 0 spiro atoms. The Balaban J connectivity index is 1.42. The molecule has 0 aliphatic heterocycles. The first kappa shape index (κ1) is 20.5. The monoisotopic (exact) mass is 416 g/mol. The van der Waals surface area contributed by atoms with Crippen LogP contribution in [-0.4, -0.2) is 34.2 Å². The van der Waals surface area contributed by atoms with Crippen molar-refractivity contribution in [3.63, 3.8) is 0 Å². The van der Waals surface area contributed by atoms with Gasteiger partial charge in [-0.25, -0.2) is 4.79 Å². The third-order valence-corrected chi connectivity index (χ3v) is 5.30. The molecule has 1 atom stereocenters. The van der Waals surface area contributed by atoms with E-state index in [0.29, 0.717) is 13.2 Å². The van der Waals surface area contributed by atoms with Crippen LogP contribution in [0.15, 0.2) is 72.8 Å². The average molecular weight is 416 g/mol. The van der Waals surface area contributed by atoms with Gasteiger partial charge in [0.1, 0.15) is 18.4 Å². The molecule has 6 heteroatoms. The Kier molecular flexibility index (Phi) is 5.89. The molecule has 0 bridgehead atoms. The van der Waals surface area contributed by atoms with Crippen LogP contribution in [0.2, 0.25) is 0 Å². The van der Waals surface area contributed by atoms with Crippen LogP contribution in [-0.2, 0) is 22.6 Å². The van der Waals surface area contributed by atoms with Gasteiger partial charge in [-0.2, -0.15) is 0 Å². The maximum atomic E-state index is 11.3. The van der Waals surface area contributed by atoms with Gasteiger partial charge in [-0.1, -0.05) is 48.5 Å². The normalized spacial score (nSPS) is 12.0. The summed E-state index contributed by atoms with van der Waals surface area (Å²) >= 11 is 0. The maximum absolute atomic E-state index is 11.3. The molecule has 0 aliphatic rings. The van der Waals surface area contributed by atoms with E-state index in [1.165, 1.54) is 28.7 Å². The first-order valence-corrected chi connectivity index (χ1v) is 10.2. The number of amides is 1. The zero-order valence-electron chi connectivity index (χ0n) is 17.2. The third-order valence-electron chi connectivity index (χ3n) is 5.30.